The van der Waals surface area contributed by atoms with Gasteiger partial charge in [0.1, 0.15) is 4.99 Å². The second kappa shape index (κ2) is 5.67. The Balaban J connectivity index is 2.17. The van der Waals surface area contributed by atoms with E-state index in [2.05, 4.69) is 5.32 Å². The van der Waals surface area contributed by atoms with Gasteiger partial charge in [-0.05, 0) is 31.9 Å². The number of carbonyl (C=O) groups is 1. The first-order valence-electron chi connectivity index (χ1n) is 6.31. The monoisotopic (exact) mass is 278 g/mol. The van der Waals surface area contributed by atoms with E-state index >= 15 is 0 Å². The molecule has 0 spiro atoms. The molecule has 0 aromatic heterocycles. The van der Waals surface area contributed by atoms with E-state index in [4.69, 9.17) is 22.7 Å². The molecule has 0 saturated carbocycles. The lowest BCUT2D eigenvalue weighted by atomic mass is 10.0. The van der Waals surface area contributed by atoms with E-state index in [0.29, 0.717) is 17.3 Å². The maximum atomic E-state index is 12.2. The number of amides is 1. The predicted octanol–water partition coefficient (Wildman–Crippen LogP) is 1.99. The van der Waals surface area contributed by atoms with Crippen molar-refractivity contribution in [3.8, 4) is 0 Å². The van der Waals surface area contributed by atoms with E-state index in [0.717, 1.165) is 17.5 Å². The van der Waals surface area contributed by atoms with Gasteiger partial charge in [0.05, 0.1) is 24.3 Å². The van der Waals surface area contributed by atoms with Crippen molar-refractivity contribution in [1.29, 1.82) is 0 Å². The Morgan fingerprint density at radius 1 is 1.53 bits per heavy atom. The third kappa shape index (κ3) is 3.11. The number of hydrogen-bond donors (Lipinski definition) is 2. The number of carbonyl (C=O) groups excluding carboxylic acids is 1. The summed E-state index contributed by atoms with van der Waals surface area (Å²) < 4.78 is 5.41. The van der Waals surface area contributed by atoms with Crippen LogP contribution >= 0.6 is 12.2 Å². The topological polar surface area (TPSA) is 64.3 Å². The molecule has 0 radical (unpaired) electrons. The van der Waals surface area contributed by atoms with E-state index in [1.807, 2.05) is 32.0 Å². The summed E-state index contributed by atoms with van der Waals surface area (Å²) in [5.74, 6) is -0.137. The minimum absolute atomic E-state index is 0.0348. The number of ether oxygens (including phenoxy) is 1. The van der Waals surface area contributed by atoms with Crippen LogP contribution in [0.15, 0.2) is 18.2 Å². The fraction of sp³-hybridized carbons (Fsp3) is 0.429. The van der Waals surface area contributed by atoms with Gasteiger partial charge >= 0.3 is 0 Å². The van der Waals surface area contributed by atoms with Gasteiger partial charge in [-0.15, -0.1) is 0 Å². The first kappa shape index (κ1) is 14.0. The normalized spacial score (nSPS) is 22.2. The van der Waals surface area contributed by atoms with Gasteiger partial charge in [0, 0.05) is 5.56 Å². The van der Waals surface area contributed by atoms with E-state index in [1.165, 1.54) is 0 Å². The zero-order chi connectivity index (χ0) is 14.0. The molecule has 1 heterocycles. The van der Waals surface area contributed by atoms with E-state index in [-0.39, 0.29) is 17.9 Å². The van der Waals surface area contributed by atoms with Crippen molar-refractivity contribution < 1.29 is 9.53 Å². The first-order valence-corrected chi connectivity index (χ1v) is 6.71. The molecule has 19 heavy (non-hydrogen) atoms. The summed E-state index contributed by atoms with van der Waals surface area (Å²) in [6.45, 7) is 4.37. The third-order valence-corrected chi connectivity index (χ3v) is 3.55. The highest BCUT2D eigenvalue weighted by atomic mass is 32.1. The smallest absolute Gasteiger partial charge is 0.229 e. The molecule has 2 atom stereocenters. The Bertz CT molecular complexity index is 516. The van der Waals surface area contributed by atoms with Crippen LogP contribution < -0.4 is 11.1 Å². The number of nitrogens with two attached hydrogens (primary N) is 1. The fourth-order valence-corrected chi connectivity index (χ4v) is 2.60. The molecule has 1 aromatic carbocycles. The van der Waals surface area contributed by atoms with Crippen molar-refractivity contribution in [2.75, 3.05) is 11.9 Å². The average Bonchev–Trinajstić information content (AvgIpc) is 2.75. The Labute approximate surface area is 118 Å². The molecule has 1 aliphatic heterocycles. The molecule has 5 heteroatoms. The molecule has 1 aromatic rings. The highest BCUT2D eigenvalue weighted by molar-refractivity contribution is 7.80. The van der Waals surface area contributed by atoms with E-state index in [9.17, 15) is 4.79 Å². The molecule has 0 bridgehead atoms. The first-order chi connectivity index (χ1) is 8.99. The van der Waals surface area contributed by atoms with Crippen LogP contribution in [0.3, 0.4) is 0 Å². The summed E-state index contributed by atoms with van der Waals surface area (Å²) in [6.07, 6.45) is 0.892. The highest BCUT2D eigenvalue weighted by Crippen LogP contribution is 2.24. The van der Waals surface area contributed by atoms with Gasteiger partial charge in [-0.3, -0.25) is 4.79 Å². The van der Waals surface area contributed by atoms with Crippen LogP contribution in [0, 0.1) is 12.8 Å². The van der Waals surface area contributed by atoms with Crippen molar-refractivity contribution in [2.24, 2.45) is 11.7 Å². The van der Waals surface area contributed by atoms with E-state index < -0.39 is 0 Å². The lowest BCUT2D eigenvalue weighted by molar-refractivity contribution is -0.119. The summed E-state index contributed by atoms with van der Waals surface area (Å²) in [7, 11) is 0. The number of hydrogen-bond acceptors (Lipinski definition) is 3. The summed E-state index contributed by atoms with van der Waals surface area (Å²) in [6, 6.07) is 5.62. The number of thiocarbonyl (C=S) groups is 1. The Morgan fingerprint density at radius 3 is 2.84 bits per heavy atom. The van der Waals surface area contributed by atoms with Gasteiger partial charge in [-0.2, -0.15) is 0 Å². The van der Waals surface area contributed by atoms with Crippen LogP contribution in [0.25, 0.3) is 0 Å². The number of aryl methyl sites for hydroxylation is 1. The van der Waals surface area contributed by atoms with Crippen LogP contribution in [-0.4, -0.2) is 23.6 Å². The number of anilines is 1. The fourth-order valence-electron chi connectivity index (χ4n) is 2.33. The van der Waals surface area contributed by atoms with Crippen LogP contribution in [0.5, 0.6) is 0 Å². The molecule has 4 nitrogen and oxygen atoms in total. The summed E-state index contributed by atoms with van der Waals surface area (Å²) >= 11 is 5.05. The van der Waals surface area contributed by atoms with Crippen LogP contribution in [-0.2, 0) is 9.53 Å². The standard InChI is InChI=1S/C14H18N2O2S/c1-8-4-3-5-11(12(8)13(15)19)16-14(17)10-6-9(2)18-7-10/h3-5,9-10H,6-7H2,1-2H3,(H2,15,19)(H,16,17). The van der Waals surface area contributed by atoms with E-state index in [1.54, 1.807) is 0 Å². The molecule has 1 fully saturated rings. The highest BCUT2D eigenvalue weighted by Gasteiger charge is 2.28. The minimum Gasteiger partial charge on any atom is -0.389 e. The molecule has 1 saturated heterocycles. The van der Waals surface area contributed by atoms with Crippen molar-refractivity contribution in [1.82, 2.24) is 0 Å². The van der Waals surface area contributed by atoms with Crippen LogP contribution in [0.4, 0.5) is 5.69 Å². The van der Waals surface area contributed by atoms with Gasteiger partial charge in [0.15, 0.2) is 0 Å². The predicted molar refractivity (Wildman–Crippen MR) is 79.2 cm³/mol. The van der Waals surface area contributed by atoms with Crippen molar-refractivity contribution in [2.45, 2.75) is 26.4 Å². The second-order valence-corrected chi connectivity index (χ2v) is 5.37. The van der Waals surface area contributed by atoms with Gasteiger partial charge in [0.2, 0.25) is 5.91 Å². The number of benzene rings is 1. The number of nitrogens with one attached hydrogen (secondary N) is 1. The summed E-state index contributed by atoms with van der Waals surface area (Å²) in [5.41, 5.74) is 8.09. The maximum Gasteiger partial charge on any atom is 0.229 e. The average molecular weight is 278 g/mol. The minimum atomic E-state index is -0.102. The molecule has 2 unspecified atom stereocenters. The molecule has 102 valence electrons. The Hall–Kier alpha value is -1.46. The number of rotatable bonds is 3. The SMILES string of the molecule is Cc1cccc(NC(=O)C2COC(C)C2)c1C(N)=S. The zero-order valence-electron chi connectivity index (χ0n) is 11.1. The zero-order valence-corrected chi connectivity index (χ0v) is 11.9. The molecular weight excluding hydrogens is 260 g/mol. The molecule has 2 rings (SSSR count). The summed E-state index contributed by atoms with van der Waals surface area (Å²) in [4.78, 5) is 12.5. The van der Waals surface area contributed by atoms with Gasteiger partial charge in [0.25, 0.3) is 0 Å². The van der Waals surface area contributed by atoms with Crippen molar-refractivity contribution in [3.05, 3.63) is 29.3 Å². The lowest BCUT2D eigenvalue weighted by Gasteiger charge is -2.14. The largest absolute Gasteiger partial charge is 0.389 e. The van der Waals surface area contributed by atoms with Gasteiger partial charge in [-0.25, -0.2) is 0 Å². The third-order valence-electron chi connectivity index (χ3n) is 3.35. The summed E-state index contributed by atoms with van der Waals surface area (Å²) in [5, 5.41) is 2.91. The van der Waals surface area contributed by atoms with Crippen LogP contribution in [0.1, 0.15) is 24.5 Å². The molecular formula is C14H18N2O2S. The van der Waals surface area contributed by atoms with Crippen molar-refractivity contribution >= 4 is 28.8 Å². The molecule has 1 amide bonds. The van der Waals surface area contributed by atoms with Crippen molar-refractivity contribution in [3.63, 3.8) is 0 Å². The molecule has 1 aliphatic rings. The maximum absolute atomic E-state index is 12.2. The lowest BCUT2D eigenvalue weighted by Crippen LogP contribution is -2.25. The van der Waals surface area contributed by atoms with Gasteiger partial charge in [-0.1, -0.05) is 24.4 Å². The Kier molecular flexibility index (Phi) is 4.17. The van der Waals surface area contributed by atoms with Gasteiger partial charge < -0.3 is 15.8 Å². The van der Waals surface area contributed by atoms with Crippen LogP contribution in [0.2, 0.25) is 0 Å². The quantitative estimate of drug-likeness (QED) is 0.830. The molecule has 3 N–H and O–H groups in total. The Morgan fingerprint density at radius 2 is 2.26 bits per heavy atom. The molecule has 0 aliphatic carbocycles. The second-order valence-electron chi connectivity index (χ2n) is 4.93.